The summed E-state index contributed by atoms with van der Waals surface area (Å²) in [5, 5.41) is 2.60. The van der Waals surface area contributed by atoms with Crippen molar-refractivity contribution in [1.29, 1.82) is 0 Å². The van der Waals surface area contributed by atoms with E-state index >= 15 is 0 Å². The summed E-state index contributed by atoms with van der Waals surface area (Å²) in [5.41, 5.74) is -0.444. The van der Waals surface area contributed by atoms with Crippen LogP contribution in [0, 0.1) is 0 Å². The van der Waals surface area contributed by atoms with Gasteiger partial charge in [0.1, 0.15) is 5.60 Å². The van der Waals surface area contributed by atoms with Gasteiger partial charge in [0, 0.05) is 13.7 Å². The number of hydrogen-bond acceptors (Lipinski definition) is 3. The van der Waals surface area contributed by atoms with Gasteiger partial charge in [-0.15, -0.1) is 0 Å². The van der Waals surface area contributed by atoms with Gasteiger partial charge in [-0.1, -0.05) is 0 Å². The Morgan fingerprint density at radius 1 is 1.46 bits per heavy atom. The number of hydrogen-bond donors (Lipinski definition) is 1. The standard InChI is InChI=1S/C9H19NO3/c1-7(12-5)6-10-8(11)13-9(2,3)4/h7H,6H2,1-5H3,(H,10,11)/t7-/m0/s1. The van der Waals surface area contributed by atoms with Crippen molar-refractivity contribution in [3.05, 3.63) is 0 Å². The molecule has 0 aliphatic heterocycles. The Hall–Kier alpha value is -0.770. The van der Waals surface area contributed by atoms with Gasteiger partial charge in [0.05, 0.1) is 6.10 Å². The van der Waals surface area contributed by atoms with Gasteiger partial charge in [-0.05, 0) is 27.7 Å². The fraction of sp³-hybridized carbons (Fsp3) is 0.889. The molecule has 0 unspecified atom stereocenters. The predicted molar refractivity (Wildman–Crippen MR) is 50.7 cm³/mol. The van der Waals surface area contributed by atoms with E-state index in [9.17, 15) is 4.79 Å². The van der Waals surface area contributed by atoms with Gasteiger partial charge in [0.25, 0.3) is 0 Å². The minimum Gasteiger partial charge on any atom is -0.444 e. The van der Waals surface area contributed by atoms with Crippen LogP contribution in [0.2, 0.25) is 0 Å². The van der Waals surface area contributed by atoms with E-state index in [1.54, 1.807) is 7.11 Å². The highest BCUT2D eigenvalue weighted by atomic mass is 16.6. The van der Waals surface area contributed by atoms with Crippen LogP contribution in [0.5, 0.6) is 0 Å². The van der Waals surface area contributed by atoms with Crippen molar-refractivity contribution in [1.82, 2.24) is 5.32 Å². The van der Waals surface area contributed by atoms with E-state index in [1.807, 2.05) is 27.7 Å². The third-order valence-electron chi connectivity index (χ3n) is 1.34. The summed E-state index contributed by atoms with van der Waals surface area (Å²) in [6.07, 6.45) is -0.399. The van der Waals surface area contributed by atoms with Gasteiger partial charge in [0.2, 0.25) is 0 Å². The van der Waals surface area contributed by atoms with Crippen molar-refractivity contribution < 1.29 is 14.3 Å². The third-order valence-corrected chi connectivity index (χ3v) is 1.34. The van der Waals surface area contributed by atoms with Gasteiger partial charge in [-0.2, -0.15) is 0 Å². The molecule has 0 spiro atoms. The van der Waals surface area contributed by atoms with Crippen molar-refractivity contribution in [2.75, 3.05) is 13.7 Å². The Morgan fingerprint density at radius 3 is 2.38 bits per heavy atom. The Labute approximate surface area is 79.6 Å². The lowest BCUT2D eigenvalue weighted by Gasteiger charge is -2.20. The molecule has 4 heteroatoms. The molecule has 1 N–H and O–H groups in total. The summed E-state index contributed by atoms with van der Waals surface area (Å²) in [5.74, 6) is 0. The number of carbonyl (C=O) groups excluding carboxylic acids is 1. The topological polar surface area (TPSA) is 47.6 Å². The first-order valence-electron chi connectivity index (χ1n) is 4.35. The number of amides is 1. The number of alkyl carbamates (subject to hydrolysis) is 1. The van der Waals surface area contributed by atoms with Gasteiger partial charge in [-0.25, -0.2) is 4.79 Å². The predicted octanol–water partition coefficient (Wildman–Crippen LogP) is 1.55. The summed E-state index contributed by atoms with van der Waals surface area (Å²) in [7, 11) is 1.60. The quantitative estimate of drug-likeness (QED) is 0.732. The largest absolute Gasteiger partial charge is 0.444 e. The number of ether oxygens (including phenoxy) is 2. The van der Waals surface area contributed by atoms with Gasteiger partial charge in [-0.3, -0.25) is 0 Å². The first-order valence-corrected chi connectivity index (χ1v) is 4.35. The Kier molecular flexibility index (Phi) is 4.77. The Morgan fingerprint density at radius 2 is 2.00 bits per heavy atom. The molecule has 0 heterocycles. The van der Waals surface area contributed by atoms with Crippen LogP contribution in [0.25, 0.3) is 0 Å². The summed E-state index contributed by atoms with van der Waals surface area (Å²) >= 11 is 0. The lowest BCUT2D eigenvalue weighted by atomic mass is 10.2. The van der Waals surface area contributed by atoms with E-state index in [0.717, 1.165) is 0 Å². The second-order valence-corrected chi connectivity index (χ2v) is 3.93. The molecule has 1 atom stereocenters. The second kappa shape index (κ2) is 5.07. The fourth-order valence-electron chi connectivity index (χ4n) is 0.625. The van der Waals surface area contributed by atoms with Crippen LogP contribution in [0.1, 0.15) is 27.7 Å². The lowest BCUT2D eigenvalue weighted by Crippen LogP contribution is -2.36. The highest BCUT2D eigenvalue weighted by Crippen LogP contribution is 2.06. The summed E-state index contributed by atoms with van der Waals surface area (Å²) < 4.78 is 9.99. The second-order valence-electron chi connectivity index (χ2n) is 3.93. The maximum absolute atomic E-state index is 11.1. The molecule has 0 bridgehead atoms. The molecule has 0 aliphatic rings. The van der Waals surface area contributed by atoms with Crippen molar-refractivity contribution >= 4 is 6.09 Å². The van der Waals surface area contributed by atoms with Crippen LogP contribution in [0.15, 0.2) is 0 Å². The van der Waals surface area contributed by atoms with Gasteiger partial charge in [0.15, 0.2) is 0 Å². The van der Waals surface area contributed by atoms with E-state index in [4.69, 9.17) is 9.47 Å². The molecule has 0 fully saturated rings. The minimum atomic E-state index is -0.444. The summed E-state index contributed by atoms with van der Waals surface area (Å²) in [4.78, 5) is 11.1. The number of nitrogens with one attached hydrogen (secondary N) is 1. The van der Waals surface area contributed by atoms with E-state index in [0.29, 0.717) is 6.54 Å². The molecule has 78 valence electrons. The van der Waals surface area contributed by atoms with Crippen molar-refractivity contribution in [3.63, 3.8) is 0 Å². The highest BCUT2D eigenvalue weighted by Gasteiger charge is 2.15. The Bertz CT molecular complexity index is 163. The van der Waals surface area contributed by atoms with E-state index in [-0.39, 0.29) is 6.10 Å². The molecule has 0 saturated carbocycles. The first kappa shape index (κ1) is 12.2. The summed E-state index contributed by atoms with van der Waals surface area (Å²) in [6, 6.07) is 0. The van der Waals surface area contributed by atoms with Crippen LogP contribution in [0.3, 0.4) is 0 Å². The maximum atomic E-state index is 11.1. The zero-order valence-electron chi connectivity index (χ0n) is 9.01. The molecule has 1 amide bonds. The lowest BCUT2D eigenvalue weighted by molar-refractivity contribution is 0.0472. The molecule has 0 aliphatic carbocycles. The SMILES string of the molecule is CO[C@@H](C)CNC(=O)OC(C)(C)C. The average molecular weight is 189 g/mol. The first-order chi connectivity index (χ1) is 5.85. The number of methoxy groups -OCH3 is 1. The molecular formula is C9H19NO3. The maximum Gasteiger partial charge on any atom is 0.407 e. The van der Waals surface area contributed by atoms with Crippen LogP contribution in [0.4, 0.5) is 4.79 Å². The normalized spacial score (nSPS) is 13.6. The smallest absolute Gasteiger partial charge is 0.407 e. The van der Waals surface area contributed by atoms with Crippen molar-refractivity contribution in [2.45, 2.75) is 39.4 Å². The molecule has 0 rings (SSSR count). The van der Waals surface area contributed by atoms with Crippen LogP contribution >= 0.6 is 0 Å². The monoisotopic (exact) mass is 189 g/mol. The van der Waals surface area contributed by atoms with Crippen molar-refractivity contribution in [2.24, 2.45) is 0 Å². The molecule has 0 aromatic rings. The molecule has 13 heavy (non-hydrogen) atoms. The third kappa shape index (κ3) is 7.59. The zero-order chi connectivity index (χ0) is 10.5. The number of rotatable bonds is 3. The van der Waals surface area contributed by atoms with Gasteiger partial charge >= 0.3 is 6.09 Å². The van der Waals surface area contributed by atoms with Crippen LogP contribution in [-0.4, -0.2) is 31.5 Å². The van der Waals surface area contributed by atoms with E-state index in [2.05, 4.69) is 5.32 Å². The molecule has 0 saturated heterocycles. The highest BCUT2D eigenvalue weighted by molar-refractivity contribution is 5.67. The number of carbonyl (C=O) groups is 1. The molecule has 0 radical (unpaired) electrons. The molecule has 0 aromatic carbocycles. The van der Waals surface area contributed by atoms with E-state index < -0.39 is 11.7 Å². The zero-order valence-corrected chi connectivity index (χ0v) is 9.01. The fourth-order valence-corrected chi connectivity index (χ4v) is 0.625. The summed E-state index contributed by atoms with van der Waals surface area (Å²) in [6.45, 7) is 7.81. The van der Waals surface area contributed by atoms with E-state index in [1.165, 1.54) is 0 Å². The van der Waals surface area contributed by atoms with Crippen LogP contribution < -0.4 is 5.32 Å². The van der Waals surface area contributed by atoms with Gasteiger partial charge < -0.3 is 14.8 Å². The Balaban J connectivity index is 3.64. The minimum absolute atomic E-state index is 0.00696. The molecular weight excluding hydrogens is 170 g/mol. The van der Waals surface area contributed by atoms with Crippen LogP contribution in [-0.2, 0) is 9.47 Å². The molecule has 4 nitrogen and oxygen atoms in total. The van der Waals surface area contributed by atoms with Crippen molar-refractivity contribution in [3.8, 4) is 0 Å². The average Bonchev–Trinajstić information content (AvgIpc) is 1.97. The molecule has 0 aromatic heterocycles.